The second kappa shape index (κ2) is 9.57. The number of rotatable bonds is 4. The van der Waals surface area contributed by atoms with Crippen molar-refractivity contribution in [2.45, 2.75) is 43.9 Å². The Bertz CT molecular complexity index is 1500. The fourth-order valence-corrected chi connectivity index (χ4v) is 8.24. The average Bonchev–Trinajstić information content (AvgIpc) is 3.34. The lowest BCUT2D eigenvalue weighted by molar-refractivity contribution is -0.648. The quantitative estimate of drug-likeness (QED) is 0.257. The van der Waals surface area contributed by atoms with Gasteiger partial charge in [-0.15, -0.1) is 0 Å². The van der Waals surface area contributed by atoms with Gasteiger partial charge in [0.25, 0.3) is 0 Å². The molecule has 0 fully saturated rings. The number of hydrogen-bond donors (Lipinski definition) is 0. The third-order valence-electron chi connectivity index (χ3n) is 7.64. The number of anilines is 1. The number of allylic oxidation sites excluding steroid dienone is 3. The van der Waals surface area contributed by atoms with E-state index in [2.05, 4.69) is 116 Å². The van der Waals surface area contributed by atoms with E-state index in [4.69, 9.17) is 0 Å². The predicted octanol–water partition coefficient (Wildman–Crippen LogP) is 8.09. The Morgan fingerprint density at radius 1 is 1.00 bits per heavy atom. The molecule has 2 unspecified atom stereocenters. The smallest absolute Gasteiger partial charge is 0.238 e. The minimum atomic E-state index is 0.525. The molecule has 2 atom stereocenters. The highest BCUT2D eigenvalue weighted by molar-refractivity contribution is 8.03. The van der Waals surface area contributed by atoms with Gasteiger partial charge in [-0.3, -0.25) is 0 Å². The molecule has 1 aliphatic heterocycles. The van der Waals surface area contributed by atoms with Crippen molar-refractivity contribution in [3.63, 3.8) is 0 Å². The van der Waals surface area contributed by atoms with Crippen LogP contribution in [-0.2, 0) is 13.5 Å². The van der Waals surface area contributed by atoms with E-state index in [0.717, 1.165) is 12.8 Å². The fourth-order valence-electron chi connectivity index (χ4n) is 5.68. The SMILES string of the molecule is Cc1ccc2c(c1)SC(=CC1=CC(Cc3sc4cc(C)ccc4[n+]3C)CC(c3ccccc3)C1)N2C. The van der Waals surface area contributed by atoms with E-state index in [9.17, 15) is 0 Å². The van der Waals surface area contributed by atoms with Crippen LogP contribution in [-0.4, -0.2) is 7.05 Å². The van der Waals surface area contributed by atoms with Crippen molar-refractivity contribution in [3.8, 4) is 0 Å². The molecule has 182 valence electrons. The van der Waals surface area contributed by atoms with E-state index in [1.165, 1.54) is 59.5 Å². The van der Waals surface area contributed by atoms with Crippen LogP contribution in [0, 0.1) is 19.8 Å². The van der Waals surface area contributed by atoms with Crippen LogP contribution in [0.25, 0.3) is 10.2 Å². The Balaban J connectivity index is 1.33. The summed E-state index contributed by atoms with van der Waals surface area (Å²) in [6.07, 6.45) is 8.42. The summed E-state index contributed by atoms with van der Waals surface area (Å²) in [5, 5.41) is 2.80. The molecule has 0 N–H and O–H groups in total. The number of thioether (sulfide) groups is 1. The summed E-state index contributed by atoms with van der Waals surface area (Å²) in [5.41, 5.74) is 8.26. The first-order valence-corrected chi connectivity index (χ1v) is 14.5. The highest BCUT2D eigenvalue weighted by atomic mass is 32.2. The van der Waals surface area contributed by atoms with Crippen LogP contribution < -0.4 is 9.47 Å². The van der Waals surface area contributed by atoms with Crippen molar-refractivity contribution in [3.05, 3.63) is 111 Å². The standard InChI is InChI=1S/C32H33N2S2/c1-21-10-12-27-29(14-21)35-31(33(27)3)19-23-16-24(18-26(17-23)25-8-6-5-7-9-25)20-32-34(4)28-13-11-22(2)15-30(28)36-32/h5-16,19,24,26H,17-18,20H2,1-4H3/q+1. The van der Waals surface area contributed by atoms with Gasteiger partial charge in [0.15, 0.2) is 0 Å². The second-order valence-corrected chi connectivity index (χ2v) is 12.6. The zero-order valence-electron chi connectivity index (χ0n) is 21.5. The Labute approximate surface area is 223 Å². The maximum Gasteiger partial charge on any atom is 0.238 e. The van der Waals surface area contributed by atoms with Gasteiger partial charge in [0.2, 0.25) is 10.5 Å². The molecular weight excluding hydrogens is 477 g/mol. The molecule has 2 nitrogen and oxygen atoms in total. The van der Waals surface area contributed by atoms with Gasteiger partial charge in [0.05, 0.1) is 10.7 Å². The number of benzene rings is 3. The third-order valence-corrected chi connectivity index (χ3v) is 10.0. The van der Waals surface area contributed by atoms with Crippen LogP contribution >= 0.6 is 23.1 Å². The molecule has 0 bridgehead atoms. The highest BCUT2D eigenvalue weighted by Gasteiger charge is 2.29. The molecule has 0 saturated heterocycles. The van der Waals surface area contributed by atoms with Crippen molar-refractivity contribution in [1.29, 1.82) is 0 Å². The molecule has 0 saturated carbocycles. The fraction of sp³-hybridized carbons (Fsp3) is 0.281. The van der Waals surface area contributed by atoms with Crippen molar-refractivity contribution in [2.75, 3.05) is 11.9 Å². The van der Waals surface area contributed by atoms with Crippen LogP contribution in [0.2, 0.25) is 0 Å². The molecule has 1 aliphatic carbocycles. The molecule has 1 aromatic heterocycles. The van der Waals surface area contributed by atoms with Crippen LogP contribution in [0.15, 0.2) is 94.4 Å². The molecule has 4 heteroatoms. The number of aryl methyl sites for hydroxylation is 3. The number of fused-ring (bicyclic) bond motifs is 2. The van der Waals surface area contributed by atoms with Gasteiger partial charge in [-0.1, -0.05) is 71.6 Å². The van der Waals surface area contributed by atoms with E-state index in [1.807, 2.05) is 23.1 Å². The maximum atomic E-state index is 2.57. The lowest BCUT2D eigenvalue weighted by Crippen LogP contribution is -2.32. The van der Waals surface area contributed by atoms with Gasteiger partial charge in [-0.2, -0.15) is 4.57 Å². The van der Waals surface area contributed by atoms with E-state index in [0.29, 0.717) is 11.8 Å². The topological polar surface area (TPSA) is 7.12 Å². The predicted molar refractivity (Wildman–Crippen MR) is 155 cm³/mol. The van der Waals surface area contributed by atoms with Crippen LogP contribution in [0.1, 0.15) is 40.5 Å². The van der Waals surface area contributed by atoms with Gasteiger partial charge >= 0.3 is 0 Å². The first-order valence-electron chi connectivity index (χ1n) is 12.8. The van der Waals surface area contributed by atoms with Crippen LogP contribution in [0.4, 0.5) is 5.69 Å². The van der Waals surface area contributed by atoms with Crippen molar-refractivity contribution < 1.29 is 4.57 Å². The lowest BCUT2D eigenvalue weighted by Gasteiger charge is -2.28. The van der Waals surface area contributed by atoms with Crippen molar-refractivity contribution in [1.82, 2.24) is 0 Å². The summed E-state index contributed by atoms with van der Waals surface area (Å²) in [6.45, 7) is 4.36. The van der Waals surface area contributed by atoms with Crippen LogP contribution in [0.5, 0.6) is 0 Å². The summed E-state index contributed by atoms with van der Waals surface area (Å²) < 4.78 is 3.81. The molecule has 2 aliphatic rings. The number of aromatic nitrogens is 1. The molecule has 6 rings (SSSR count). The zero-order valence-corrected chi connectivity index (χ0v) is 23.1. The van der Waals surface area contributed by atoms with E-state index >= 15 is 0 Å². The van der Waals surface area contributed by atoms with E-state index < -0.39 is 0 Å². The lowest BCUT2D eigenvalue weighted by atomic mass is 9.77. The molecule has 0 amide bonds. The summed E-state index contributed by atoms with van der Waals surface area (Å²) >= 11 is 3.87. The summed E-state index contributed by atoms with van der Waals surface area (Å²) in [5.74, 6) is 1.08. The minimum absolute atomic E-state index is 0.525. The Hall–Kier alpha value is -2.82. The van der Waals surface area contributed by atoms with Gasteiger partial charge in [0.1, 0.15) is 11.7 Å². The highest BCUT2D eigenvalue weighted by Crippen LogP contribution is 2.47. The number of hydrogen-bond acceptors (Lipinski definition) is 3. The number of nitrogens with zero attached hydrogens (tertiary/aromatic N) is 2. The summed E-state index contributed by atoms with van der Waals surface area (Å²) in [6, 6.07) is 24.7. The maximum absolute atomic E-state index is 2.57. The molecular formula is C32H33N2S2+. The second-order valence-electron chi connectivity index (χ2n) is 10.4. The van der Waals surface area contributed by atoms with E-state index in [1.54, 1.807) is 0 Å². The largest absolute Gasteiger partial charge is 0.338 e. The third kappa shape index (κ3) is 4.53. The molecule has 0 radical (unpaired) electrons. The first-order chi connectivity index (χ1) is 17.4. The van der Waals surface area contributed by atoms with E-state index in [-0.39, 0.29) is 0 Å². The van der Waals surface area contributed by atoms with Gasteiger partial charge in [0, 0.05) is 24.4 Å². The number of thiazole rings is 1. The van der Waals surface area contributed by atoms with Crippen molar-refractivity contribution >= 4 is 39.0 Å². The van der Waals surface area contributed by atoms with Crippen LogP contribution in [0.3, 0.4) is 0 Å². The molecule has 36 heavy (non-hydrogen) atoms. The summed E-state index contributed by atoms with van der Waals surface area (Å²) in [4.78, 5) is 3.72. The molecule has 0 spiro atoms. The summed E-state index contributed by atoms with van der Waals surface area (Å²) in [7, 11) is 4.44. The normalized spacial score (nSPS) is 20.7. The zero-order chi connectivity index (χ0) is 24.8. The first kappa shape index (κ1) is 23.6. The van der Waals surface area contributed by atoms with Gasteiger partial charge in [-0.05, 0) is 85.1 Å². The van der Waals surface area contributed by atoms with Crippen molar-refractivity contribution in [2.24, 2.45) is 13.0 Å². The minimum Gasteiger partial charge on any atom is -0.338 e. The molecule has 3 aromatic carbocycles. The Morgan fingerprint density at radius 3 is 2.61 bits per heavy atom. The Kier molecular flexibility index (Phi) is 6.27. The molecule has 2 heterocycles. The Morgan fingerprint density at radius 2 is 1.78 bits per heavy atom. The van der Waals surface area contributed by atoms with Gasteiger partial charge < -0.3 is 4.90 Å². The monoisotopic (exact) mass is 509 g/mol. The molecule has 4 aromatic rings. The average molecular weight is 510 g/mol. The van der Waals surface area contributed by atoms with Gasteiger partial charge in [-0.25, -0.2) is 0 Å².